The Morgan fingerprint density at radius 2 is 2.10 bits per heavy atom. The van der Waals surface area contributed by atoms with E-state index in [0.717, 1.165) is 4.31 Å². The van der Waals surface area contributed by atoms with Gasteiger partial charge >= 0.3 is 5.97 Å². The first-order valence-corrected chi connectivity index (χ1v) is 7.37. The summed E-state index contributed by atoms with van der Waals surface area (Å²) in [6.45, 7) is 0.127. The Hall–Kier alpha value is -1.87. The Bertz CT molecular complexity index is 586. The molecule has 3 N–H and O–H groups in total. The molecule has 1 aromatic rings. The van der Waals surface area contributed by atoms with Crippen molar-refractivity contribution in [3.05, 3.63) is 17.8 Å². The maximum absolute atomic E-state index is 11.6. The van der Waals surface area contributed by atoms with Gasteiger partial charge < -0.3 is 15.8 Å². The number of hydrogen-bond donors (Lipinski definition) is 2. The first-order chi connectivity index (χ1) is 9.27. The zero-order chi connectivity index (χ0) is 15.3. The van der Waals surface area contributed by atoms with Crippen molar-refractivity contribution in [2.45, 2.75) is 0 Å². The number of ether oxygens (including phenoxy) is 1. The van der Waals surface area contributed by atoms with Crippen LogP contribution in [-0.4, -0.2) is 57.2 Å². The van der Waals surface area contributed by atoms with E-state index in [-0.39, 0.29) is 23.8 Å². The van der Waals surface area contributed by atoms with Gasteiger partial charge in [-0.05, 0) is 12.1 Å². The summed E-state index contributed by atoms with van der Waals surface area (Å²) in [4.78, 5) is 15.3. The number of sulfonamides is 1. The summed E-state index contributed by atoms with van der Waals surface area (Å²) in [5, 5.41) is 2.79. The second-order valence-electron chi connectivity index (χ2n) is 4.15. The predicted octanol–water partition coefficient (Wildman–Crippen LogP) is -0.246. The number of pyridine rings is 1. The second-order valence-corrected chi connectivity index (χ2v) is 6.45. The zero-order valence-electron chi connectivity index (χ0n) is 11.6. The van der Waals surface area contributed by atoms with Crippen molar-refractivity contribution in [1.29, 1.82) is 0 Å². The standard InChI is InChI=1S/C11H18N4O4S/c1-15(2)20(17,18)7-6-13-10-8(12)4-5-9(14-10)11(16)19-3/h4-5H,6-7,12H2,1-3H3,(H,13,14). The first kappa shape index (κ1) is 16.2. The fourth-order valence-electron chi connectivity index (χ4n) is 1.31. The molecule has 0 bridgehead atoms. The topological polar surface area (TPSA) is 115 Å². The van der Waals surface area contributed by atoms with Crippen LogP contribution in [0.1, 0.15) is 10.5 Å². The van der Waals surface area contributed by atoms with Crippen LogP contribution in [0.15, 0.2) is 12.1 Å². The lowest BCUT2D eigenvalue weighted by molar-refractivity contribution is 0.0594. The van der Waals surface area contributed by atoms with E-state index in [2.05, 4.69) is 15.0 Å². The molecule has 0 aromatic carbocycles. The Labute approximate surface area is 118 Å². The highest BCUT2D eigenvalue weighted by Crippen LogP contribution is 2.16. The lowest BCUT2D eigenvalue weighted by atomic mass is 10.3. The van der Waals surface area contributed by atoms with Crippen LogP contribution in [0.5, 0.6) is 0 Å². The molecule has 0 radical (unpaired) electrons. The molecule has 0 amide bonds. The molecule has 0 aliphatic heterocycles. The molecule has 0 fully saturated rings. The van der Waals surface area contributed by atoms with E-state index >= 15 is 0 Å². The highest BCUT2D eigenvalue weighted by Gasteiger charge is 2.14. The predicted molar refractivity (Wildman–Crippen MR) is 76.0 cm³/mol. The smallest absolute Gasteiger partial charge is 0.356 e. The van der Waals surface area contributed by atoms with Gasteiger partial charge in [-0.15, -0.1) is 0 Å². The Kier molecular flexibility index (Phi) is 5.28. The number of hydrogen-bond acceptors (Lipinski definition) is 7. The monoisotopic (exact) mass is 302 g/mol. The fraction of sp³-hybridized carbons (Fsp3) is 0.455. The highest BCUT2D eigenvalue weighted by molar-refractivity contribution is 7.89. The van der Waals surface area contributed by atoms with Gasteiger partial charge in [-0.25, -0.2) is 22.5 Å². The van der Waals surface area contributed by atoms with E-state index in [1.807, 2.05) is 0 Å². The summed E-state index contributed by atoms with van der Waals surface area (Å²) in [6, 6.07) is 2.94. The number of nitrogen functional groups attached to an aromatic ring is 1. The molecule has 9 heteroatoms. The van der Waals surface area contributed by atoms with Crippen molar-refractivity contribution in [2.75, 3.05) is 44.6 Å². The molecule has 0 unspecified atom stereocenters. The van der Waals surface area contributed by atoms with Crippen LogP contribution in [0, 0.1) is 0 Å². The number of carbonyl (C=O) groups is 1. The number of esters is 1. The van der Waals surface area contributed by atoms with Crippen LogP contribution >= 0.6 is 0 Å². The van der Waals surface area contributed by atoms with Gasteiger partial charge in [0.15, 0.2) is 5.69 Å². The summed E-state index contributed by atoms with van der Waals surface area (Å²) in [6.07, 6.45) is 0. The molecule has 1 rings (SSSR count). The van der Waals surface area contributed by atoms with Crippen LogP contribution < -0.4 is 11.1 Å². The average molecular weight is 302 g/mol. The molecular formula is C11H18N4O4S. The van der Waals surface area contributed by atoms with Crippen LogP contribution in [0.2, 0.25) is 0 Å². The third-order valence-corrected chi connectivity index (χ3v) is 4.36. The normalized spacial score (nSPS) is 11.4. The van der Waals surface area contributed by atoms with E-state index in [4.69, 9.17) is 5.73 Å². The molecule has 20 heavy (non-hydrogen) atoms. The number of nitrogens with two attached hydrogens (primary N) is 1. The average Bonchev–Trinajstić information content (AvgIpc) is 2.39. The lowest BCUT2D eigenvalue weighted by Gasteiger charge is -2.13. The molecule has 112 valence electrons. The van der Waals surface area contributed by atoms with Crippen LogP contribution in [-0.2, 0) is 14.8 Å². The highest BCUT2D eigenvalue weighted by atomic mass is 32.2. The van der Waals surface area contributed by atoms with E-state index < -0.39 is 16.0 Å². The minimum absolute atomic E-state index is 0.0969. The van der Waals surface area contributed by atoms with E-state index in [1.54, 1.807) is 0 Å². The van der Waals surface area contributed by atoms with Crippen molar-refractivity contribution < 1.29 is 17.9 Å². The summed E-state index contributed by atoms with van der Waals surface area (Å²) >= 11 is 0. The minimum atomic E-state index is -3.30. The van der Waals surface area contributed by atoms with Gasteiger partial charge in [0.25, 0.3) is 0 Å². The van der Waals surface area contributed by atoms with Crippen molar-refractivity contribution in [1.82, 2.24) is 9.29 Å². The molecule has 1 aromatic heterocycles. The fourth-order valence-corrected chi connectivity index (χ4v) is 2.04. The van der Waals surface area contributed by atoms with Gasteiger partial charge in [-0.2, -0.15) is 0 Å². The molecule has 8 nitrogen and oxygen atoms in total. The zero-order valence-corrected chi connectivity index (χ0v) is 12.4. The Morgan fingerprint density at radius 1 is 1.45 bits per heavy atom. The van der Waals surface area contributed by atoms with Gasteiger partial charge in [-0.1, -0.05) is 0 Å². The van der Waals surface area contributed by atoms with Crippen molar-refractivity contribution in [3.8, 4) is 0 Å². The van der Waals surface area contributed by atoms with Gasteiger partial charge in [0, 0.05) is 20.6 Å². The molecule has 0 saturated carbocycles. The van der Waals surface area contributed by atoms with E-state index in [1.165, 1.54) is 33.3 Å². The number of methoxy groups -OCH3 is 1. The summed E-state index contributed by atoms with van der Waals surface area (Å²) in [5.74, 6) is -0.445. The number of aromatic nitrogens is 1. The third-order valence-electron chi connectivity index (χ3n) is 2.53. The van der Waals surface area contributed by atoms with Crippen molar-refractivity contribution in [3.63, 3.8) is 0 Å². The number of nitrogens with one attached hydrogen (secondary N) is 1. The maximum Gasteiger partial charge on any atom is 0.356 e. The van der Waals surface area contributed by atoms with Gasteiger partial charge in [0.1, 0.15) is 5.82 Å². The Balaban J connectivity index is 2.76. The molecule has 0 spiro atoms. The largest absolute Gasteiger partial charge is 0.464 e. The third kappa shape index (κ3) is 4.07. The van der Waals surface area contributed by atoms with Gasteiger partial charge in [0.2, 0.25) is 10.0 Å². The van der Waals surface area contributed by atoms with Crippen LogP contribution in [0.3, 0.4) is 0 Å². The molecule has 1 heterocycles. The molecule has 0 saturated heterocycles. The summed E-state index contributed by atoms with van der Waals surface area (Å²) < 4.78 is 28.9. The lowest BCUT2D eigenvalue weighted by Crippen LogP contribution is -2.28. The summed E-state index contributed by atoms with van der Waals surface area (Å²) in [5.41, 5.74) is 6.12. The summed E-state index contributed by atoms with van der Waals surface area (Å²) in [7, 11) is 0.862. The van der Waals surface area contributed by atoms with Crippen LogP contribution in [0.4, 0.5) is 11.5 Å². The first-order valence-electron chi connectivity index (χ1n) is 5.77. The van der Waals surface area contributed by atoms with Gasteiger partial charge in [-0.3, -0.25) is 0 Å². The quantitative estimate of drug-likeness (QED) is 0.696. The molecule has 0 aliphatic rings. The van der Waals surface area contributed by atoms with Crippen molar-refractivity contribution in [2.24, 2.45) is 0 Å². The van der Waals surface area contributed by atoms with E-state index in [9.17, 15) is 13.2 Å². The van der Waals surface area contributed by atoms with Gasteiger partial charge in [0.05, 0.1) is 18.6 Å². The molecular weight excluding hydrogens is 284 g/mol. The molecule has 0 atom stereocenters. The minimum Gasteiger partial charge on any atom is -0.464 e. The van der Waals surface area contributed by atoms with Crippen LogP contribution in [0.25, 0.3) is 0 Å². The SMILES string of the molecule is COC(=O)c1ccc(N)c(NCCS(=O)(=O)N(C)C)n1. The number of nitrogens with zero attached hydrogens (tertiary/aromatic N) is 2. The number of anilines is 2. The van der Waals surface area contributed by atoms with Crippen molar-refractivity contribution >= 4 is 27.5 Å². The number of rotatable bonds is 6. The number of carbonyl (C=O) groups excluding carboxylic acids is 1. The van der Waals surface area contributed by atoms with E-state index in [0.29, 0.717) is 5.69 Å². The second kappa shape index (κ2) is 6.53. The molecule has 0 aliphatic carbocycles. The maximum atomic E-state index is 11.6. The Morgan fingerprint density at radius 3 is 2.65 bits per heavy atom.